The van der Waals surface area contributed by atoms with Gasteiger partial charge < -0.3 is 9.84 Å². The first-order valence-electron chi connectivity index (χ1n) is 4.67. The second kappa shape index (κ2) is 4.25. The Morgan fingerprint density at radius 1 is 1.60 bits per heavy atom. The highest BCUT2D eigenvalue weighted by molar-refractivity contribution is 5.86. The number of nitrogens with one attached hydrogen (secondary N) is 1. The summed E-state index contributed by atoms with van der Waals surface area (Å²) in [5.74, 6) is 0.776. The van der Waals surface area contributed by atoms with Crippen molar-refractivity contribution in [1.82, 2.24) is 15.5 Å². The lowest BCUT2D eigenvalue weighted by molar-refractivity contribution is -0.116. The van der Waals surface area contributed by atoms with Gasteiger partial charge in [0.05, 0.1) is 6.54 Å². The molecule has 0 saturated heterocycles. The van der Waals surface area contributed by atoms with Crippen LogP contribution < -0.4 is 5.32 Å². The van der Waals surface area contributed by atoms with Gasteiger partial charge in [-0.2, -0.15) is 4.98 Å². The number of aromatic nitrogens is 2. The Bertz CT molecular complexity index is 363. The van der Waals surface area contributed by atoms with E-state index in [1.165, 1.54) is 6.08 Å². The molecule has 0 bridgehead atoms. The standard InChI is InChI=1S/C10H15N3O2/c1-5-8(14)11-6-7-12-9(15-13-7)10(2,3)4/h5H,1,6H2,2-4H3,(H,11,14). The maximum Gasteiger partial charge on any atom is 0.243 e. The van der Waals surface area contributed by atoms with E-state index in [4.69, 9.17) is 4.52 Å². The Balaban J connectivity index is 2.61. The van der Waals surface area contributed by atoms with Crippen LogP contribution in [-0.4, -0.2) is 16.0 Å². The predicted molar refractivity (Wildman–Crippen MR) is 55.0 cm³/mol. The summed E-state index contributed by atoms with van der Waals surface area (Å²) in [7, 11) is 0. The fourth-order valence-electron chi connectivity index (χ4n) is 0.869. The Morgan fingerprint density at radius 2 is 2.27 bits per heavy atom. The normalized spacial score (nSPS) is 11.1. The van der Waals surface area contributed by atoms with Crippen LogP contribution in [0.2, 0.25) is 0 Å². The molecule has 1 amide bonds. The molecule has 1 rings (SSSR count). The van der Waals surface area contributed by atoms with Gasteiger partial charge in [0.1, 0.15) is 0 Å². The van der Waals surface area contributed by atoms with Crippen molar-refractivity contribution < 1.29 is 9.32 Å². The summed E-state index contributed by atoms with van der Waals surface area (Å²) in [6.07, 6.45) is 1.20. The molecule has 5 nitrogen and oxygen atoms in total. The second-order valence-corrected chi connectivity index (χ2v) is 4.19. The highest BCUT2D eigenvalue weighted by atomic mass is 16.5. The molecule has 1 aromatic heterocycles. The van der Waals surface area contributed by atoms with Gasteiger partial charge in [-0.1, -0.05) is 32.5 Å². The van der Waals surface area contributed by atoms with Crippen LogP contribution in [-0.2, 0) is 16.8 Å². The summed E-state index contributed by atoms with van der Waals surface area (Å²) in [4.78, 5) is 15.0. The molecule has 0 aromatic carbocycles. The summed E-state index contributed by atoms with van der Waals surface area (Å²) in [5.41, 5.74) is -0.173. The van der Waals surface area contributed by atoms with Crippen LogP contribution in [0, 0.1) is 0 Å². The molecule has 15 heavy (non-hydrogen) atoms. The van der Waals surface area contributed by atoms with Crippen LogP contribution in [0.15, 0.2) is 17.2 Å². The van der Waals surface area contributed by atoms with Crippen LogP contribution in [0.25, 0.3) is 0 Å². The van der Waals surface area contributed by atoms with Crippen LogP contribution in [0.3, 0.4) is 0 Å². The number of carbonyl (C=O) groups excluding carboxylic acids is 1. The third-order valence-corrected chi connectivity index (χ3v) is 1.72. The molecule has 1 aromatic rings. The van der Waals surface area contributed by atoms with Gasteiger partial charge in [0.2, 0.25) is 11.8 Å². The molecule has 0 spiro atoms. The number of rotatable bonds is 3. The maximum atomic E-state index is 10.9. The third-order valence-electron chi connectivity index (χ3n) is 1.72. The predicted octanol–water partition coefficient (Wildman–Crippen LogP) is 1.17. The van der Waals surface area contributed by atoms with Crippen molar-refractivity contribution in [3.63, 3.8) is 0 Å². The lowest BCUT2D eigenvalue weighted by atomic mass is 9.97. The Labute approximate surface area is 88.6 Å². The molecule has 82 valence electrons. The van der Waals surface area contributed by atoms with E-state index in [2.05, 4.69) is 22.0 Å². The van der Waals surface area contributed by atoms with Gasteiger partial charge in [-0.15, -0.1) is 0 Å². The van der Waals surface area contributed by atoms with Crippen LogP contribution in [0.5, 0.6) is 0 Å². The second-order valence-electron chi connectivity index (χ2n) is 4.19. The van der Waals surface area contributed by atoms with E-state index < -0.39 is 0 Å². The van der Waals surface area contributed by atoms with E-state index in [0.717, 1.165) is 0 Å². The molecule has 0 saturated carbocycles. The fourth-order valence-corrected chi connectivity index (χ4v) is 0.869. The first kappa shape index (κ1) is 11.4. The zero-order valence-corrected chi connectivity index (χ0v) is 9.20. The fraction of sp³-hybridized carbons (Fsp3) is 0.500. The average molecular weight is 209 g/mol. The highest BCUT2D eigenvalue weighted by Gasteiger charge is 2.21. The van der Waals surface area contributed by atoms with E-state index >= 15 is 0 Å². The van der Waals surface area contributed by atoms with Gasteiger partial charge in [-0.25, -0.2) is 0 Å². The van der Waals surface area contributed by atoms with Gasteiger partial charge >= 0.3 is 0 Å². The van der Waals surface area contributed by atoms with E-state index in [1.54, 1.807) is 0 Å². The molecule has 0 aliphatic carbocycles. The summed E-state index contributed by atoms with van der Waals surface area (Å²) in [6, 6.07) is 0. The Kier molecular flexibility index (Phi) is 3.24. The molecule has 0 unspecified atom stereocenters. The van der Waals surface area contributed by atoms with Crippen molar-refractivity contribution >= 4 is 5.91 Å². The van der Waals surface area contributed by atoms with Gasteiger partial charge in [-0.3, -0.25) is 4.79 Å². The molecular weight excluding hydrogens is 194 g/mol. The van der Waals surface area contributed by atoms with Crippen molar-refractivity contribution in [2.45, 2.75) is 32.7 Å². The number of amides is 1. The Morgan fingerprint density at radius 3 is 2.73 bits per heavy atom. The molecular formula is C10H15N3O2. The smallest absolute Gasteiger partial charge is 0.243 e. The summed E-state index contributed by atoms with van der Waals surface area (Å²) >= 11 is 0. The van der Waals surface area contributed by atoms with Crippen LogP contribution >= 0.6 is 0 Å². The van der Waals surface area contributed by atoms with Crippen molar-refractivity contribution in [2.24, 2.45) is 0 Å². The molecule has 0 radical (unpaired) electrons. The SMILES string of the molecule is C=CC(=O)NCc1noc(C(C)(C)C)n1. The molecule has 0 aliphatic heterocycles. The number of carbonyl (C=O) groups is 1. The van der Waals surface area contributed by atoms with Crippen LogP contribution in [0.1, 0.15) is 32.5 Å². The van der Waals surface area contributed by atoms with Crippen molar-refractivity contribution in [3.8, 4) is 0 Å². The third kappa shape index (κ3) is 3.19. The van der Waals surface area contributed by atoms with E-state index in [9.17, 15) is 4.79 Å². The molecule has 0 fully saturated rings. The minimum Gasteiger partial charge on any atom is -0.345 e. The summed E-state index contributed by atoms with van der Waals surface area (Å²) in [6.45, 7) is 9.53. The zero-order chi connectivity index (χ0) is 11.5. The molecule has 0 atom stereocenters. The summed E-state index contributed by atoms with van der Waals surface area (Å²) < 4.78 is 5.06. The molecule has 1 heterocycles. The van der Waals surface area contributed by atoms with Crippen molar-refractivity contribution in [3.05, 3.63) is 24.4 Å². The van der Waals surface area contributed by atoms with E-state index in [0.29, 0.717) is 11.7 Å². The van der Waals surface area contributed by atoms with Gasteiger partial charge in [0, 0.05) is 5.41 Å². The first-order valence-corrected chi connectivity index (χ1v) is 4.67. The first-order chi connectivity index (χ1) is 6.93. The largest absolute Gasteiger partial charge is 0.345 e. The van der Waals surface area contributed by atoms with Crippen molar-refractivity contribution in [2.75, 3.05) is 0 Å². The van der Waals surface area contributed by atoms with E-state index in [1.807, 2.05) is 20.8 Å². The Hall–Kier alpha value is -1.65. The number of hydrogen-bond acceptors (Lipinski definition) is 4. The van der Waals surface area contributed by atoms with Crippen molar-refractivity contribution in [1.29, 1.82) is 0 Å². The topological polar surface area (TPSA) is 68.0 Å². The molecule has 1 N–H and O–H groups in total. The summed E-state index contributed by atoms with van der Waals surface area (Å²) in [5, 5.41) is 6.33. The van der Waals surface area contributed by atoms with Gasteiger partial charge in [-0.05, 0) is 6.08 Å². The van der Waals surface area contributed by atoms with E-state index in [-0.39, 0.29) is 17.9 Å². The van der Waals surface area contributed by atoms with Gasteiger partial charge in [0.15, 0.2) is 5.82 Å². The minimum absolute atomic E-state index is 0.173. The number of nitrogens with zero attached hydrogens (tertiary/aromatic N) is 2. The molecule has 5 heteroatoms. The quantitative estimate of drug-likeness (QED) is 0.759. The lowest BCUT2D eigenvalue weighted by Crippen LogP contribution is -2.21. The highest BCUT2D eigenvalue weighted by Crippen LogP contribution is 2.19. The molecule has 0 aliphatic rings. The minimum atomic E-state index is -0.253. The van der Waals surface area contributed by atoms with Gasteiger partial charge in [0.25, 0.3) is 0 Å². The lowest BCUT2D eigenvalue weighted by Gasteiger charge is -2.10. The zero-order valence-electron chi connectivity index (χ0n) is 9.20. The van der Waals surface area contributed by atoms with Crippen LogP contribution in [0.4, 0.5) is 0 Å². The number of hydrogen-bond donors (Lipinski definition) is 1. The average Bonchev–Trinajstić information content (AvgIpc) is 2.61. The monoisotopic (exact) mass is 209 g/mol. The maximum absolute atomic E-state index is 10.9.